The molecule has 88 valence electrons. The molecule has 1 heterocycles. The Balaban J connectivity index is 2.08. The first-order valence-electron chi connectivity index (χ1n) is 5.80. The maximum atomic E-state index is 6.08. The lowest BCUT2D eigenvalue weighted by atomic mass is 9.95. The Morgan fingerprint density at radius 2 is 2.38 bits per heavy atom. The molecule has 0 amide bonds. The van der Waals surface area contributed by atoms with E-state index in [1.54, 1.807) is 7.11 Å². The average molecular weight is 237 g/mol. The predicted octanol–water partition coefficient (Wildman–Crippen LogP) is 2.96. The molecule has 0 saturated carbocycles. The first-order valence-corrected chi connectivity index (χ1v) is 6.96. The maximum absolute atomic E-state index is 6.08. The Bertz CT molecular complexity index is 348. The summed E-state index contributed by atoms with van der Waals surface area (Å²) in [5.41, 5.74) is 8.14. The zero-order valence-corrected chi connectivity index (χ0v) is 10.6. The maximum Gasteiger partial charge on any atom is 0.142 e. The van der Waals surface area contributed by atoms with E-state index >= 15 is 0 Å². The molecule has 0 aliphatic carbocycles. The van der Waals surface area contributed by atoms with Crippen molar-refractivity contribution in [3.63, 3.8) is 0 Å². The summed E-state index contributed by atoms with van der Waals surface area (Å²) < 4.78 is 5.24. The molecule has 0 spiro atoms. The topological polar surface area (TPSA) is 35.2 Å². The van der Waals surface area contributed by atoms with E-state index in [4.69, 9.17) is 10.5 Å². The summed E-state index contributed by atoms with van der Waals surface area (Å²) in [6.07, 6.45) is 3.78. The van der Waals surface area contributed by atoms with Crippen LogP contribution in [0.1, 0.15) is 18.4 Å². The van der Waals surface area contributed by atoms with Gasteiger partial charge in [0.05, 0.1) is 12.8 Å². The third kappa shape index (κ3) is 2.64. The van der Waals surface area contributed by atoms with E-state index in [0.717, 1.165) is 23.8 Å². The minimum atomic E-state index is 0.785. The van der Waals surface area contributed by atoms with Crippen molar-refractivity contribution < 1.29 is 4.74 Å². The van der Waals surface area contributed by atoms with E-state index in [9.17, 15) is 0 Å². The fraction of sp³-hybridized carbons (Fsp3) is 0.538. The van der Waals surface area contributed by atoms with Gasteiger partial charge in [-0.3, -0.25) is 0 Å². The zero-order chi connectivity index (χ0) is 11.4. The SMILES string of the molecule is COc1cccc(CC2CCCSC2)c1N. The molecule has 1 unspecified atom stereocenters. The highest BCUT2D eigenvalue weighted by Gasteiger charge is 2.16. The number of thioether (sulfide) groups is 1. The molecule has 0 aromatic heterocycles. The minimum absolute atomic E-state index is 0.785. The molecule has 0 radical (unpaired) electrons. The molecule has 1 aromatic carbocycles. The second-order valence-corrected chi connectivity index (χ2v) is 5.47. The van der Waals surface area contributed by atoms with Crippen LogP contribution in [-0.4, -0.2) is 18.6 Å². The molecule has 1 aliphatic heterocycles. The van der Waals surface area contributed by atoms with Crippen LogP contribution < -0.4 is 10.5 Å². The molecular formula is C13H19NOS. The summed E-state index contributed by atoms with van der Waals surface area (Å²) in [5, 5.41) is 0. The van der Waals surface area contributed by atoms with Crippen molar-refractivity contribution in [2.45, 2.75) is 19.3 Å². The van der Waals surface area contributed by atoms with Gasteiger partial charge in [0.15, 0.2) is 0 Å². The highest BCUT2D eigenvalue weighted by atomic mass is 32.2. The molecule has 1 aromatic rings. The third-order valence-corrected chi connectivity index (χ3v) is 4.42. The van der Waals surface area contributed by atoms with Gasteiger partial charge in [-0.25, -0.2) is 0 Å². The van der Waals surface area contributed by atoms with Crippen LogP contribution >= 0.6 is 11.8 Å². The number of ether oxygens (including phenoxy) is 1. The normalized spacial score (nSPS) is 20.7. The number of para-hydroxylation sites is 1. The highest BCUT2D eigenvalue weighted by Crippen LogP contribution is 2.31. The van der Waals surface area contributed by atoms with Gasteiger partial charge in [-0.1, -0.05) is 12.1 Å². The third-order valence-electron chi connectivity index (χ3n) is 3.14. The molecule has 1 atom stereocenters. The smallest absolute Gasteiger partial charge is 0.142 e. The monoisotopic (exact) mass is 237 g/mol. The largest absolute Gasteiger partial charge is 0.495 e. The lowest BCUT2D eigenvalue weighted by Gasteiger charge is -2.22. The summed E-state index contributed by atoms with van der Waals surface area (Å²) in [6.45, 7) is 0. The van der Waals surface area contributed by atoms with Crippen LogP contribution in [0.5, 0.6) is 5.75 Å². The van der Waals surface area contributed by atoms with Crippen molar-refractivity contribution >= 4 is 17.4 Å². The molecule has 1 aliphatic rings. The van der Waals surface area contributed by atoms with E-state index < -0.39 is 0 Å². The van der Waals surface area contributed by atoms with Crippen molar-refractivity contribution in [2.24, 2.45) is 5.92 Å². The molecule has 3 heteroatoms. The molecule has 2 N–H and O–H groups in total. The number of rotatable bonds is 3. The molecule has 2 nitrogen and oxygen atoms in total. The van der Waals surface area contributed by atoms with Gasteiger partial charge in [-0.15, -0.1) is 0 Å². The molecule has 1 saturated heterocycles. The fourth-order valence-corrected chi connectivity index (χ4v) is 3.38. The van der Waals surface area contributed by atoms with Crippen molar-refractivity contribution in [3.05, 3.63) is 23.8 Å². The number of nitrogen functional groups attached to an aromatic ring is 1. The van der Waals surface area contributed by atoms with Gasteiger partial charge in [0.25, 0.3) is 0 Å². The summed E-state index contributed by atoms with van der Waals surface area (Å²) >= 11 is 2.07. The zero-order valence-electron chi connectivity index (χ0n) is 9.74. The van der Waals surface area contributed by atoms with Crippen LogP contribution in [-0.2, 0) is 6.42 Å². The van der Waals surface area contributed by atoms with Gasteiger partial charge in [0, 0.05) is 0 Å². The van der Waals surface area contributed by atoms with E-state index in [1.807, 2.05) is 12.1 Å². The highest BCUT2D eigenvalue weighted by molar-refractivity contribution is 7.99. The van der Waals surface area contributed by atoms with Crippen LogP contribution in [0.4, 0.5) is 5.69 Å². The Morgan fingerprint density at radius 3 is 3.06 bits per heavy atom. The Morgan fingerprint density at radius 1 is 1.50 bits per heavy atom. The second kappa shape index (κ2) is 5.48. The van der Waals surface area contributed by atoms with Gasteiger partial charge in [0.2, 0.25) is 0 Å². The van der Waals surface area contributed by atoms with Gasteiger partial charge in [-0.05, 0) is 48.3 Å². The molecular weight excluding hydrogens is 218 g/mol. The number of nitrogens with two attached hydrogens (primary N) is 1. The Hall–Kier alpha value is -0.830. The van der Waals surface area contributed by atoms with Gasteiger partial charge < -0.3 is 10.5 Å². The summed E-state index contributed by atoms with van der Waals surface area (Å²) in [4.78, 5) is 0. The quantitative estimate of drug-likeness (QED) is 0.821. The van der Waals surface area contributed by atoms with Crippen LogP contribution in [0.15, 0.2) is 18.2 Å². The summed E-state index contributed by atoms with van der Waals surface area (Å²) in [5.74, 6) is 4.19. The standard InChI is InChI=1S/C13H19NOS/c1-15-12-6-2-5-11(13(12)14)8-10-4-3-7-16-9-10/h2,5-6,10H,3-4,7-9,14H2,1H3. The van der Waals surface area contributed by atoms with Crippen LogP contribution in [0, 0.1) is 5.92 Å². The van der Waals surface area contributed by atoms with Crippen LogP contribution in [0.25, 0.3) is 0 Å². The Labute approximate surface area is 102 Å². The number of anilines is 1. The molecule has 1 fully saturated rings. The lowest BCUT2D eigenvalue weighted by Crippen LogP contribution is -2.14. The predicted molar refractivity (Wildman–Crippen MR) is 71.2 cm³/mol. The van der Waals surface area contributed by atoms with Crippen LogP contribution in [0.2, 0.25) is 0 Å². The number of hydrogen-bond acceptors (Lipinski definition) is 3. The van der Waals surface area contributed by atoms with E-state index in [2.05, 4.69) is 17.8 Å². The average Bonchev–Trinajstić information content (AvgIpc) is 2.33. The van der Waals surface area contributed by atoms with Crippen molar-refractivity contribution in [2.75, 3.05) is 24.3 Å². The second-order valence-electron chi connectivity index (χ2n) is 4.32. The van der Waals surface area contributed by atoms with Gasteiger partial charge in [-0.2, -0.15) is 11.8 Å². The molecule has 16 heavy (non-hydrogen) atoms. The summed E-state index contributed by atoms with van der Waals surface area (Å²) in [7, 11) is 1.67. The number of benzene rings is 1. The van der Waals surface area contributed by atoms with E-state index in [-0.39, 0.29) is 0 Å². The van der Waals surface area contributed by atoms with Crippen molar-refractivity contribution in [1.29, 1.82) is 0 Å². The number of methoxy groups -OCH3 is 1. The van der Waals surface area contributed by atoms with Crippen LogP contribution in [0.3, 0.4) is 0 Å². The fourth-order valence-electron chi connectivity index (χ4n) is 2.22. The van der Waals surface area contributed by atoms with E-state index in [0.29, 0.717) is 0 Å². The van der Waals surface area contributed by atoms with Gasteiger partial charge >= 0.3 is 0 Å². The first kappa shape index (κ1) is 11.6. The summed E-state index contributed by atoms with van der Waals surface area (Å²) in [6, 6.07) is 6.08. The van der Waals surface area contributed by atoms with E-state index in [1.165, 1.54) is 29.9 Å². The first-order chi connectivity index (χ1) is 7.81. The number of hydrogen-bond donors (Lipinski definition) is 1. The van der Waals surface area contributed by atoms with Crippen molar-refractivity contribution in [1.82, 2.24) is 0 Å². The Kier molecular flexibility index (Phi) is 3.99. The minimum Gasteiger partial charge on any atom is -0.495 e. The lowest BCUT2D eigenvalue weighted by molar-refractivity contribution is 0.416. The van der Waals surface area contributed by atoms with Crippen molar-refractivity contribution in [3.8, 4) is 5.75 Å². The molecule has 0 bridgehead atoms. The van der Waals surface area contributed by atoms with Gasteiger partial charge in [0.1, 0.15) is 5.75 Å². The molecule has 2 rings (SSSR count).